The van der Waals surface area contributed by atoms with Crippen LogP contribution in [0.1, 0.15) is 33.6 Å². The van der Waals surface area contributed by atoms with E-state index in [0.29, 0.717) is 12.8 Å². The first-order valence-corrected chi connectivity index (χ1v) is 5.51. The average Bonchev–Trinajstić information content (AvgIpc) is 2.21. The standard InChI is InChI=1S/C10H13BrO3/c1-8(2)9(3)4-5-10(8,11)7(13)14-6(9)12/h4-5H2,1-3H3. The summed E-state index contributed by atoms with van der Waals surface area (Å²) in [7, 11) is 0. The number of carbonyl (C=O) groups excluding carboxylic acids is 2. The molecule has 0 radical (unpaired) electrons. The molecule has 1 saturated carbocycles. The SMILES string of the molecule is CC12CCC(Br)(C(=O)OC1=O)C2(C)C. The molecule has 2 atom stereocenters. The van der Waals surface area contributed by atoms with Crippen LogP contribution in [0, 0.1) is 10.8 Å². The predicted molar refractivity (Wildman–Crippen MR) is 53.9 cm³/mol. The molecule has 2 aliphatic rings. The van der Waals surface area contributed by atoms with Crippen molar-refractivity contribution >= 4 is 27.9 Å². The van der Waals surface area contributed by atoms with Crippen molar-refractivity contribution in [3.8, 4) is 0 Å². The number of rotatable bonds is 0. The molecule has 78 valence electrons. The largest absolute Gasteiger partial charge is 0.392 e. The molecule has 14 heavy (non-hydrogen) atoms. The van der Waals surface area contributed by atoms with Gasteiger partial charge in [-0.1, -0.05) is 29.8 Å². The highest BCUT2D eigenvalue weighted by Gasteiger charge is 2.71. The molecule has 2 rings (SSSR count). The summed E-state index contributed by atoms with van der Waals surface area (Å²) in [4.78, 5) is 23.3. The minimum atomic E-state index is -0.678. The third kappa shape index (κ3) is 0.794. The van der Waals surface area contributed by atoms with Gasteiger partial charge in [0.1, 0.15) is 4.32 Å². The van der Waals surface area contributed by atoms with E-state index in [1.54, 1.807) is 0 Å². The van der Waals surface area contributed by atoms with Crippen LogP contribution in [0.4, 0.5) is 0 Å². The van der Waals surface area contributed by atoms with E-state index in [1.165, 1.54) is 0 Å². The molecule has 4 heteroatoms. The Labute approximate surface area is 91.3 Å². The van der Waals surface area contributed by atoms with Gasteiger partial charge in [0, 0.05) is 5.41 Å². The van der Waals surface area contributed by atoms with Crippen molar-refractivity contribution in [1.29, 1.82) is 0 Å². The highest BCUT2D eigenvalue weighted by Crippen LogP contribution is 2.64. The highest BCUT2D eigenvalue weighted by molar-refractivity contribution is 9.10. The molecule has 0 N–H and O–H groups in total. The van der Waals surface area contributed by atoms with Crippen molar-refractivity contribution in [2.75, 3.05) is 0 Å². The normalized spacial score (nSPS) is 45.1. The van der Waals surface area contributed by atoms with Crippen molar-refractivity contribution in [2.24, 2.45) is 10.8 Å². The molecule has 0 aromatic heterocycles. The van der Waals surface area contributed by atoms with Gasteiger partial charge >= 0.3 is 11.9 Å². The molecular formula is C10H13BrO3. The van der Waals surface area contributed by atoms with Gasteiger partial charge < -0.3 is 4.74 Å². The van der Waals surface area contributed by atoms with Crippen molar-refractivity contribution in [3.05, 3.63) is 0 Å². The van der Waals surface area contributed by atoms with Gasteiger partial charge in [-0.15, -0.1) is 0 Å². The number of ether oxygens (including phenoxy) is 1. The van der Waals surface area contributed by atoms with Crippen molar-refractivity contribution in [1.82, 2.24) is 0 Å². The monoisotopic (exact) mass is 260 g/mol. The van der Waals surface area contributed by atoms with Crippen molar-refractivity contribution in [3.63, 3.8) is 0 Å². The molecule has 2 fully saturated rings. The van der Waals surface area contributed by atoms with Crippen LogP contribution >= 0.6 is 15.9 Å². The van der Waals surface area contributed by atoms with Gasteiger partial charge in [-0.25, -0.2) is 0 Å². The third-order valence-corrected chi connectivity index (χ3v) is 6.01. The fourth-order valence-corrected chi connectivity index (χ4v) is 3.19. The van der Waals surface area contributed by atoms with Crippen molar-refractivity contribution in [2.45, 2.75) is 37.9 Å². The first-order valence-electron chi connectivity index (χ1n) is 4.71. The Balaban J connectivity index is 2.61. The molecule has 1 aliphatic heterocycles. The number of hydrogen-bond acceptors (Lipinski definition) is 3. The zero-order valence-electron chi connectivity index (χ0n) is 8.52. The summed E-state index contributed by atoms with van der Waals surface area (Å²) in [5, 5.41) is 0. The van der Waals surface area contributed by atoms with Crippen LogP contribution in [0.15, 0.2) is 0 Å². The summed E-state index contributed by atoms with van der Waals surface area (Å²) in [6, 6.07) is 0. The maximum absolute atomic E-state index is 11.7. The molecule has 3 nitrogen and oxygen atoms in total. The molecule has 2 bridgehead atoms. The van der Waals surface area contributed by atoms with Crippen LogP contribution in [0.2, 0.25) is 0 Å². The maximum Gasteiger partial charge on any atom is 0.331 e. The lowest BCUT2D eigenvalue weighted by atomic mass is 9.64. The Kier molecular flexibility index (Phi) is 1.74. The van der Waals surface area contributed by atoms with E-state index in [4.69, 9.17) is 4.74 Å². The number of esters is 2. The van der Waals surface area contributed by atoms with Crippen LogP contribution in [0.3, 0.4) is 0 Å². The molecule has 2 unspecified atom stereocenters. The Bertz CT molecular complexity index is 306. The summed E-state index contributed by atoms with van der Waals surface area (Å²) >= 11 is 3.46. The topological polar surface area (TPSA) is 43.4 Å². The van der Waals surface area contributed by atoms with Gasteiger partial charge in [0.15, 0.2) is 0 Å². The number of alkyl halides is 1. The Morgan fingerprint density at radius 2 is 1.71 bits per heavy atom. The highest BCUT2D eigenvalue weighted by atomic mass is 79.9. The number of hydrogen-bond donors (Lipinski definition) is 0. The average molecular weight is 261 g/mol. The van der Waals surface area contributed by atoms with E-state index in [2.05, 4.69) is 15.9 Å². The third-order valence-electron chi connectivity index (χ3n) is 4.30. The van der Waals surface area contributed by atoms with E-state index in [0.717, 1.165) is 0 Å². The minimum absolute atomic E-state index is 0.375. The van der Waals surface area contributed by atoms with E-state index in [9.17, 15) is 9.59 Å². The number of cyclic esters (lactones) is 2. The van der Waals surface area contributed by atoms with Crippen molar-refractivity contribution < 1.29 is 14.3 Å². The Morgan fingerprint density at radius 1 is 1.14 bits per heavy atom. The molecule has 1 aliphatic carbocycles. The molecular weight excluding hydrogens is 248 g/mol. The second-order valence-electron chi connectivity index (χ2n) is 4.94. The van der Waals surface area contributed by atoms with Gasteiger partial charge in [0.05, 0.1) is 5.41 Å². The second kappa shape index (κ2) is 2.40. The fraction of sp³-hybridized carbons (Fsp3) is 0.800. The van der Waals surface area contributed by atoms with Gasteiger partial charge in [-0.2, -0.15) is 0 Å². The van der Waals surface area contributed by atoms with E-state index < -0.39 is 15.7 Å². The van der Waals surface area contributed by atoms with E-state index >= 15 is 0 Å². The lowest BCUT2D eigenvalue weighted by Crippen LogP contribution is -2.57. The van der Waals surface area contributed by atoms with Gasteiger partial charge in [-0.05, 0) is 19.8 Å². The maximum atomic E-state index is 11.7. The molecule has 0 amide bonds. The van der Waals surface area contributed by atoms with Crippen LogP contribution in [0.25, 0.3) is 0 Å². The van der Waals surface area contributed by atoms with E-state index in [1.807, 2.05) is 20.8 Å². The van der Waals surface area contributed by atoms with Gasteiger partial charge in [0.25, 0.3) is 0 Å². The summed E-state index contributed by atoms with van der Waals surface area (Å²) < 4.78 is 4.11. The van der Waals surface area contributed by atoms with Crippen LogP contribution in [-0.4, -0.2) is 16.3 Å². The Morgan fingerprint density at radius 3 is 2.29 bits per heavy atom. The lowest BCUT2D eigenvalue weighted by molar-refractivity contribution is -0.182. The number of halogens is 1. The smallest absolute Gasteiger partial charge is 0.331 e. The summed E-state index contributed by atoms with van der Waals surface area (Å²) in [6.07, 6.45) is 1.37. The summed E-state index contributed by atoms with van der Waals surface area (Å²) in [6.45, 7) is 5.78. The van der Waals surface area contributed by atoms with Gasteiger partial charge in [-0.3, -0.25) is 9.59 Å². The molecule has 0 aromatic rings. The fourth-order valence-electron chi connectivity index (χ4n) is 2.48. The van der Waals surface area contributed by atoms with Crippen LogP contribution in [-0.2, 0) is 14.3 Å². The van der Waals surface area contributed by atoms with E-state index in [-0.39, 0.29) is 11.4 Å². The summed E-state index contributed by atoms with van der Waals surface area (Å²) in [5.74, 6) is -0.803. The van der Waals surface area contributed by atoms with Crippen LogP contribution in [0.5, 0.6) is 0 Å². The number of carbonyl (C=O) groups is 2. The lowest BCUT2D eigenvalue weighted by Gasteiger charge is -2.46. The molecule has 1 heterocycles. The molecule has 0 aromatic carbocycles. The molecule has 0 spiro atoms. The second-order valence-corrected chi connectivity index (χ2v) is 6.29. The first kappa shape index (κ1) is 10.1. The van der Waals surface area contributed by atoms with Crippen LogP contribution < -0.4 is 0 Å². The Hall–Kier alpha value is -0.380. The zero-order chi connectivity index (χ0) is 10.8. The number of fused-ring (bicyclic) bond motifs is 2. The first-order chi connectivity index (χ1) is 6.26. The molecule has 1 saturated heterocycles. The predicted octanol–water partition coefficient (Wildman–Crippen LogP) is 2.03. The summed E-state index contributed by atoms with van der Waals surface area (Å²) in [5.41, 5.74) is -0.920. The van der Waals surface area contributed by atoms with Gasteiger partial charge in [0.2, 0.25) is 0 Å². The zero-order valence-corrected chi connectivity index (χ0v) is 10.1. The minimum Gasteiger partial charge on any atom is -0.392 e. The quantitative estimate of drug-likeness (QED) is 0.380.